The third-order valence-electron chi connectivity index (χ3n) is 3.67. The Labute approximate surface area is 164 Å². The Morgan fingerprint density at radius 3 is 2.44 bits per heavy atom. The number of carbonyl (C=O) groups is 1. The highest BCUT2D eigenvalue weighted by molar-refractivity contribution is 6.32. The van der Waals surface area contributed by atoms with Gasteiger partial charge >= 0.3 is 6.18 Å². The topological polar surface area (TPSA) is 49.3 Å². The summed E-state index contributed by atoms with van der Waals surface area (Å²) < 4.78 is 37.9. The van der Waals surface area contributed by atoms with Gasteiger partial charge < -0.3 is 10.4 Å². The van der Waals surface area contributed by atoms with Gasteiger partial charge in [0.05, 0.1) is 5.56 Å². The molecule has 0 aromatic heterocycles. The molecule has 0 aliphatic rings. The van der Waals surface area contributed by atoms with E-state index in [9.17, 15) is 18.0 Å². The number of nitrogens with one attached hydrogen (secondary N) is 1. The summed E-state index contributed by atoms with van der Waals surface area (Å²) in [6, 6.07) is 7.92. The number of alkyl halides is 3. The fraction of sp³-hybridized carbons (Fsp3) is 0.211. The molecule has 0 radical (unpaired) electrons. The first-order valence-electron chi connectivity index (χ1n) is 7.96. The zero-order chi connectivity index (χ0) is 20.0. The SMILES string of the molecule is O=C(/C=C/c1ccc(C(F)(F)F)cc1Cl)Nc1ccc(CCCO)c(Cl)c1. The lowest BCUT2D eigenvalue weighted by molar-refractivity contribution is -0.137. The van der Waals surface area contributed by atoms with Crippen LogP contribution in [0.25, 0.3) is 6.08 Å². The van der Waals surface area contributed by atoms with Crippen LogP contribution < -0.4 is 5.32 Å². The molecule has 0 aliphatic heterocycles. The molecule has 2 rings (SSSR count). The predicted molar refractivity (Wildman–Crippen MR) is 101 cm³/mol. The van der Waals surface area contributed by atoms with Crippen LogP contribution in [0, 0.1) is 0 Å². The summed E-state index contributed by atoms with van der Waals surface area (Å²) in [5.74, 6) is -0.481. The number of benzene rings is 2. The minimum absolute atomic E-state index is 0.0616. The molecule has 3 nitrogen and oxygen atoms in total. The molecule has 0 bridgehead atoms. The molecule has 1 amide bonds. The van der Waals surface area contributed by atoms with Gasteiger partial charge in [-0.3, -0.25) is 4.79 Å². The third kappa shape index (κ3) is 6.27. The quantitative estimate of drug-likeness (QED) is 0.601. The number of carbonyl (C=O) groups excluding carboxylic acids is 1. The van der Waals surface area contributed by atoms with E-state index in [1.54, 1.807) is 18.2 Å². The Morgan fingerprint density at radius 2 is 1.85 bits per heavy atom. The van der Waals surface area contributed by atoms with Crippen LogP contribution in [-0.2, 0) is 17.4 Å². The summed E-state index contributed by atoms with van der Waals surface area (Å²) in [5.41, 5.74) is 0.763. The average molecular weight is 418 g/mol. The fourth-order valence-corrected chi connectivity index (χ4v) is 2.80. The Kier molecular flexibility index (Phi) is 7.30. The van der Waals surface area contributed by atoms with Crippen molar-refractivity contribution in [3.63, 3.8) is 0 Å². The van der Waals surface area contributed by atoms with Gasteiger partial charge in [-0.15, -0.1) is 0 Å². The largest absolute Gasteiger partial charge is 0.416 e. The molecule has 2 aromatic carbocycles. The zero-order valence-electron chi connectivity index (χ0n) is 14.0. The van der Waals surface area contributed by atoms with E-state index >= 15 is 0 Å². The second-order valence-electron chi connectivity index (χ2n) is 5.69. The maximum Gasteiger partial charge on any atom is 0.416 e. The molecule has 27 heavy (non-hydrogen) atoms. The molecule has 0 atom stereocenters. The highest BCUT2D eigenvalue weighted by Gasteiger charge is 2.30. The molecule has 0 spiro atoms. The first-order valence-corrected chi connectivity index (χ1v) is 8.71. The van der Waals surface area contributed by atoms with Gasteiger partial charge in [-0.2, -0.15) is 13.2 Å². The van der Waals surface area contributed by atoms with Crippen molar-refractivity contribution < 1.29 is 23.1 Å². The summed E-state index contributed by atoms with van der Waals surface area (Å²) >= 11 is 12.0. The van der Waals surface area contributed by atoms with E-state index in [4.69, 9.17) is 28.3 Å². The van der Waals surface area contributed by atoms with Gasteiger partial charge in [-0.1, -0.05) is 35.3 Å². The van der Waals surface area contributed by atoms with Crippen molar-refractivity contribution in [1.82, 2.24) is 0 Å². The number of aliphatic hydroxyl groups is 1. The van der Waals surface area contributed by atoms with Crippen molar-refractivity contribution in [2.45, 2.75) is 19.0 Å². The molecular formula is C19H16Cl2F3NO2. The number of hydrogen-bond acceptors (Lipinski definition) is 2. The minimum atomic E-state index is -4.48. The summed E-state index contributed by atoms with van der Waals surface area (Å²) in [6.45, 7) is 0.0616. The molecule has 8 heteroatoms. The van der Waals surface area contributed by atoms with E-state index in [0.29, 0.717) is 23.6 Å². The van der Waals surface area contributed by atoms with Crippen LogP contribution in [0.5, 0.6) is 0 Å². The van der Waals surface area contributed by atoms with Crippen molar-refractivity contribution in [2.24, 2.45) is 0 Å². The van der Waals surface area contributed by atoms with Crippen LogP contribution in [0.15, 0.2) is 42.5 Å². The lowest BCUT2D eigenvalue weighted by Crippen LogP contribution is -2.08. The van der Waals surface area contributed by atoms with E-state index < -0.39 is 17.6 Å². The maximum absolute atomic E-state index is 12.6. The lowest BCUT2D eigenvalue weighted by atomic mass is 10.1. The second kappa shape index (κ2) is 9.26. The summed E-state index contributed by atoms with van der Waals surface area (Å²) in [7, 11) is 0. The second-order valence-corrected chi connectivity index (χ2v) is 6.50. The van der Waals surface area contributed by atoms with Gasteiger partial charge in [0.25, 0.3) is 0 Å². The Hall–Kier alpha value is -2.02. The molecule has 0 saturated carbocycles. The van der Waals surface area contributed by atoms with Gasteiger partial charge in [0.2, 0.25) is 5.91 Å². The van der Waals surface area contributed by atoms with Crippen LogP contribution in [-0.4, -0.2) is 17.6 Å². The summed E-state index contributed by atoms with van der Waals surface area (Å²) in [6.07, 6.45) is -0.777. The number of aliphatic hydroxyl groups excluding tert-OH is 1. The third-order valence-corrected chi connectivity index (χ3v) is 4.35. The van der Waals surface area contributed by atoms with Crippen molar-refractivity contribution in [2.75, 3.05) is 11.9 Å². The van der Waals surface area contributed by atoms with Crippen molar-refractivity contribution in [3.8, 4) is 0 Å². The number of rotatable bonds is 6. The molecule has 0 aliphatic carbocycles. The molecule has 0 saturated heterocycles. The number of aryl methyl sites for hydroxylation is 1. The highest BCUT2D eigenvalue weighted by Crippen LogP contribution is 2.32. The van der Waals surface area contributed by atoms with Crippen molar-refractivity contribution >= 4 is 40.9 Å². The molecule has 2 aromatic rings. The summed E-state index contributed by atoms with van der Waals surface area (Å²) in [5, 5.41) is 11.8. The van der Waals surface area contributed by atoms with Crippen LogP contribution in [0.1, 0.15) is 23.1 Å². The standard InChI is InChI=1S/C19H16Cl2F3NO2/c20-16-10-14(19(22,23)24)6-3-13(16)5-8-18(27)25-15-7-4-12(2-1-9-26)17(21)11-15/h3-8,10-11,26H,1-2,9H2,(H,25,27)/b8-5+. The van der Waals surface area contributed by atoms with Crippen LogP contribution >= 0.6 is 23.2 Å². The molecule has 144 valence electrons. The van der Waals surface area contributed by atoms with Crippen molar-refractivity contribution in [1.29, 1.82) is 0 Å². The minimum Gasteiger partial charge on any atom is -0.396 e. The Bertz CT molecular complexity index is 851. The molecule has 0 fully saturated rings. The summed E-state index contributed by atoms with van der Waals surface area (Å²) in [4.78, 5) is 12.0. The van der Waals surface area contributed by atoms with Gasteiger partial charge in [0.15, 0.2) is 0 Å². The Balaban J connectivity index is 2.04. The van der Waals surface area contributed by atoms with E-state index in [1.807, 2.05) is 0 Å². The average Bonchev–Trinajstić information content (AvgIpc) is 2.59. The maximum atomic E-state index is 12.6. The van der Waals surface area contributed by atoms with E-state index in [0.717, 1.165) is 17.7 Å². The molecule has 0 heterocycles. The van der Waals surface area contributed by atoms with E-state index in [-0.39, 0.29) is 17.2 Å². The lowest BCUT2D eigenvalue weighted by Gasteiger charge is -2.08. The van der Waals surface area contributed by atoms with E-state index in [2.05, 4.69) is 5.32 Å². The first-order chi connectivity index (χ1) is 12.7. The zero-order valence-corrected chi connectivity index (χ0v) is 15.5. The molecular weight excluding hydrogens is 402 g/mol. The van der Waals surface area contributed by atoms with Gasteiger partial charge in [-0.25, -0.2) is 0 Å². The van der Waals surface area contributed by atoms with E-state index in [1.165, 1.54) is 18.2 Å². The highest BCUT2D eigenvalue weighted by atomic mass is 35.5. The van der Waals surface area contributed by atoms with Crippen molar-refractivity contribution in [3.05, 3.63) is 69.2 Å². The smallest absolute Gasteiger partial charge is 0.396 e. The number of halogens is 5. The first kappa shape index (κ1) is 21.3. The molecule has 2 N–H and O–H groups in total. The number of amides is 1. The van der Waals surface area contributed by atoms with Gasteiger partial charge in [0, 0.05) is 28.4 Å². The predicted octanol–water partition coefficient (Wildman–Crippen LogP) is 5.59. The van der Waals surface area contributed by atoms with Gasteiger partial charge in [-0.05, 0) is 54.3 Å². The normalized spacial score (nSPS) is 11.8. The number of hydrogen-bond donors (Lipinski definition) is 2. The van der Waals surface area contributed by atoms with Crippen LogP contribution in [0.4, 0.5) is 18.9 Å². The van der Waals surface area contributed by atoms with Crippen LogP contribution in [0.2, 0.25) is 10.0 Å². The Morgan fingerprint density at radius 1 is 1.11 bits per heavy atom. The van der Waals surface area contributed by atoms with Crippen LogP contribution in [0.3, 0.4) is 0 Å². The monoisotopic (exact) mass is 417 g/mol. The molecule has 0 unspecified atom stereocenters. The number of anilines is 1. The fourth-order valence-electron chi connectivity index (χ4n) is 2.29. The van der Waals surface area contributed by atoms with Gasteiger partial charge in [0.1, 0.15) is 0 Å².